The summed E-state index contributed by atoms with van der Waals surface area (Å²) < 4.78 is 2.09. The van der Waals surface area contributed by atoms with Crippen LogP contribution in [0.25, 0.3) is 16.3 Å². The Balaban J connectivity index is 0.000000635. The summed E-state index contributed by atoms with van der Waals surface area (Å²) >= 11 is 1.51. The van der Waals surface area contributed by atoms with Gasteiger partial charge in [0.1, 0.15) is 0 Å². The molecule has 0 fully saturated rings. The zero-order valence-corrected chi connectivity index (χ0v) is 18.6. The van der Waals surface area contributed by atoms with Crippen molar-refractivity contribution in [3.63, 3.8) is 0 Å². The molecule has 1 unspecified atom stereocenters. The first kappa shape index (κ1) is 23.1. The molecular weight excluding hydrogens is 442 g/mol. The monoisotopic (exact) mass is 461 g/mol. The Morgan fingerprint density at radius 3 is 2.42 bits per heavy atom. The van der Waals surface area contributed by atoms with Crippen LogP contribution < -0.4 is 24.8 Å². The van der Waals surface area contributed by atoms with Gasteiger partial charge < -0.3 is 29.9 Å². The van der Waals surface area contributed by atoms with Crippen molar-refractivity contribution >= 4 is 20.1 Å². The predicted molar refractivity (Wildman–Crippen MR) is 99.2 cm³/mol. The van der Waals surface area contributed by atoms with E-state index in [2.05, 4.69) is 70.4 Å². The largest absolute Gasteiger partial charge is 1.00 e. The van der Waals surface area contributed by atoms with Crippen LogP contribution in [-0.2, 0) is 24.2 Å². The summed E-state index contributed by atoms with van der Waals surface area (Å²) in [5.74, 6) is 0.308. The van der Waals surface area contributed by atoms with Gasteiger partial charge in [0.2, 0.25) is 0 Å². The molecule has 0 heterocycles. The number of halogens is 2. The van der Waals surface area contributed by atoms with E-state index in [9.17, 15) is 5.11 Å². The van der Waals surface area contributed by atoms with Crippen LogP contribution >= 0.6 is 0 Å². The van der Waals surface area contributed by atoms with E-state index in [0.717, 1.165) is 6.42 Å². The van der Waals surface area contributed by atoms with Crippen LogP contribution in [0.3, 0.4) is 0 Å². The zero-order chi connectivity index (χ0) is 16.9. The predicted octanol–water partition coefficient (Wildman–Crippen LogP) is -1.17. The van der Waals surface area contributed by atoms with Crippen LogP contribution in [0.4, 0.5) is 0 Å². The Morgan fingerprint density at radius 2 is 1.69 bits per heavy atom. The summed E-state index contributed by atoms with van der Waals surface area (Å²) in [5, 5.41) is 11.9. The first-order chi connectivity index (χ1) is 11.8. The van der Waals surface area contributed by atoms with Crippen LogP contribution in [0.5, 0.6) is 0 Å². The molecule has 1 nitrogen and oxygen atoms in total. The molecule has 1 atom stereocenters. The van der Waals surface area contributed by atoms with Gasteiger partial charge in [-0.2, -0.15) is 6.07 Å². The molecule has 0 saturated heterocycles. The maximum absolute atomic E-state index is 9.30. The van der Waals surface area contributed by atoms with Crippen LogP contribution in [0.2, 0.25) is 0 Å². The molecule has 0 spiro atoms. The van der Waals surface area contributed by atoms with Crippen molar-refractivity contribution in [2.75, 3.05) is 6.61 Å². The van der Waals surface area contributed by atoms with E-state index in [1.165, 1.54) is 57.3 Å². The van der Waals surface area contributed by atoms with Crippen molar-refractivity contribution in [1.29, 1.82) is 0 Å². The summed E-state index contributed by atoms with van der Waals surface area (Å²) in [6, 6.07) is 21.6. The van der Waals surface area contributed by atoms with Gasteiger partial charge >= 0.3 is 34.9 Å². The van der Waals surface area contributed by atoms with E-state index in [1.807, 2.05) is 6.92 Å². The Morgan fingerprint density at radius 1 is 1.04 bits per heavy atom. The third-order valence-electron chi connectivity index (χ3n) is 4.44. The Bertz CT molecular complexity index is 882. The van der Waals surface area contributed by atoms with Crippen molar-refractivity contribution in [2.45, 2.75) is 19.3 Å². The molecule has 3 aromatic carbocycles. The van der Waals surface area contributed by atoms with Gasteiger partial charge in [-0.15, -0.1) is 40.6 Å². The van der Waals surface area contributed by atoms with E-state index in [1.54, 1.807) is 0 Å². The van der Waals surface area contributed by atoms with Crippen LogP contribution in [0.1, 0.15) is 36.0 Å². The maximum atomic E-state index is 9.30. The second-order valence-corrected chi connectivity index (χ2v) is 7.31. The standard InChI is InChI=1S/C20H17O.C2H4.2ClH.Zr/c21-12-11-15-13-20(18-8-4-3-7-17(15)18)19-10-9-14-5-1-2-6-16(14)19;1-2;;;/h1-10,13,20-21H,11-12H2;1H,2H3;2*1H;/q-1;;;;+2/p-2. The van der Waals surface area contributed by atoms with Gasteiger partial charge in [-0.1, -0.05) is 36.4 Å². The summed E-state index contributed by atoms with van der Waals surface area (Å²) in [6.45, 7) is 2.24. The molecule has 1 N–H and O–H groups in total. The van der Waals surface area contributed by atoms with Gasteiger partial charge in [0.15, 0.2) is 0 Å². The van der Waals surface area contributed by atoms with Gasteiger partial charge in [0, 0.05) is 6.61 Å². The summed E-state index contributed by atoms with van der Waals surface area (Å²) in [6.07, 6.45) is 3.05. The molecule has 0 bridgehead atoms. The molecule has 0 aromatic heterocycles. The summed E-state index contributed by atoms with van der Waals surface area (Å²) in [4.78, 5) is 0. The molecule has 0 aliphatic heterocycles. The van der Waals surface area contributed by atoms with Gasteiger partial charge in [0.25, 0.3) is 0 Å². The topological polar surface area (TPSA) is 20.2 Å². The van der Waals surface area contributed by atoms with Crippen LogP contribution in [0.15, 0.2) is 66.7 Å². The average molecular weight is 464 g/mol. The fraction of sp³-hybridized carbons (Fsp3) is 0.182. The molecule has 0 saturated carbocycles. The van der Waals surface area contributed by atoms with Crippen molar-refractivity contribution in [3.8, 4) is 0 Å². The zero-order valence-electron chi connectivity index (χ0n) is 14.6. The summed E-state index contributed by atoms with van der Waals surface area (Å²) in [5.41, 5.74) is 5.29. The van der Waals surface area contributed by atoms with Gasteiger partial charge in [-0.25, -0.2) is 0 Å². The van der Waals surface area contributed by atoms with E-state index in [0.29, 0.717) is 5.92 Å². The van der Waals surface area contributed by atoms with Crippen molar-refractivity contribution in [2.24, 2.45) is 0 Å². The first-order valence-electron chi connectivity index (χ1n) is 8.30. The van der Waals surface area contributed by atoms with Crippen molar-refractivity contribution in [3.05, 3.63) is 83.4 Å². The molecule has 1 aliphatic rings. The molecular formula is C22H21Cl2OZr-. The number of rotatable bonds is 3. The number of benzene rings is 2. The SMILES string of the molecule is C[CH]=[Zr+2].OCCC1=CC([c-]2ccc3ccccc32)c2ccccc21.[Cl-].[Cl-]. The molecule has 4 rings (SSSR count). The van der Waals surface area contributed by atoms with Crippen LogP contribution in [-0.4, -0.2) is 15.4 Å². The Labute approximate surface area is 182 Å². The summed E-state index contributed by atoms with van der Waals surface area (Å²) in [7, 11) is 0. The van der Waals surface area contributed by atoms with E-state index < -0.39 is 0 Å². The quantitative estimate of drug-likeness (QED) is 0.486. The number of aliphatic hydroxyl groups is 1. The second-order valence-electron chi connectivity index (χ2n) is 5.90. The number of aliphatic hydroxyl groups excluding tert-OH is 1. The van der Waals surface area contributed by atoms with E-state index in [-0.39, 0.29) is 31.4 Å². The number of hydrogen-bond acceptors (Lipinski definition) is 1. The van der Waals surface area contributed by atoms with E-state index in [4.69, 9.17) is 0 Å². The van der Waals surface area contributed by atoms with Gasteiger partial charge in [-0.3, -0.25) is 0 Å². The van der Waals surface area contributed by atoms with Crippen molar-refractivity contribution in [1.82, 2.24) is 0 Å². The molecule has 26 heavy (non-hydrogen) atoms. The smallest absolute Gasteiger partial charge is 0.0471 e. The minimum absolute atomic E-state index is 0. The molecule has 4 heteroatoms. The Hall–Kier alpha value is -0.917. The second kappa shape index (κ2) is 11.0. The van der Waals surface area contributed by atoms with E-state index >= 15 is 0 Å². The number of allylic oxidation sites excluding steroid dienone is 1. The molecule has 0 radical (unpaired) electrons. The fourth-order valence-corrected chi connectivity index (χ4v) is 3.48. The average Bonchev–Trinajstić information content (AvgIpc) is 3.18. The minimum Gasteiger partial charge on any atom is -1.00 e. The molecule has 1 aliphatic carbocycles. The van der Waals surface area contributed by atoms with Crippen LogP contribution in [0, 0.1) is 0 Å². The van der Waals surface area contributed by atoms with Gasteiger partial charge in [0.05, 0.1) is 0 Å². The number of hydrogen-bond donors (Lipinski definition) is 1. The maximum Gasteiger partial charge on any atom is 0.0471 e. The molecule has 134 valence electrons. The Kier molecular flexibility index (Phi) is 9.82. The minimum atomic E-state index is 0. The molecule has 0 amide bonds. The van der Waals surface area contributed by atoms with Crippen molar-refractivity contribution < 1.29 is 54.2 Å². The first-order valence-corrected chi connectivity index (χ1v) is 9.72. The molecule has 3 aromatic rings. The third-order valence-corrected chi connectivity index (χ3v) is 4.44. The third kappa shape index (κ3) is 4.67. The normalized spacial score (nSPS) is 14.3. The van der Waals surface area contributed by atoms with Gasteiger partial charge in [-0.05, 0) is 29.0 Å². The number of fused-ring (bicyclic) bond motifs is 2. The fourth-order valence-electron chi connectivity index (χ4n) is 3.48.